The largest absolute Gasteiger partial charge is 0.370 e. The number of carbonyl (C=O) groups is 3. The van der Waals surface area contributed by atoms with Gasteiger partial charge in [-0.15, -0.1) is 0 Å². The molecule has 144 valence electrons. The summed E-state index contributed by atoms with van der Waals surface area (Å²) < 4.78 is 32.1. The van der Waals surface area contributed by atoms with Crippen LogP contribution in [0.4, 0.5) is 8.78 Å². The Morgan fingerprint density at radius 2 is 1.96 bits per heavy atom. The normalized spacial score (nSPS) is 15.5. The summed E-state index contributed by atoms with van der Waals surface area (Å²) in [5, 5.41) is 6.16. The number of Topliss-reactive ketones (excluding diaryl/α,β-unsaturated/α-hetero) is 1. The number of nitrogens with zero attached hydrogens (tertiary/aromatic N) is 2. The van der Waals surface area contributed by atoms with Gasteiger partial charge in [0.1, 0.15) is 0 Å². The van der Waals surface area contributed by atoms with E-state index in [1.807, 2.05) is 0 Å². The first-order valence-corrected chi connectivity index (χ1v) is 8.55. The predicted octanol–water partition coefficient (Wildman–Crippen LogP) is 1.71. The van der Waals surface area contributed by atoms with E-state index in [9.17, 15) is 23.2 Å². The van der Waals surface area contributed by atoms with E-state index >= 15 is 0 Å². The zero-order valence-corrected chi connectivity index (χ0v) is 14.5. The highest BCUT2D eigenvalue weighted by atomic mass is 19.3. The molecular weight excluding hydrogens is 350 g/mol. The number of carbonyl (C=O) groups excluding carboxylic acids is 3. The topological polar surface area (TPSA) is 128 Å². The third-order valence-corrected chi connectivity index (χ3v) is 4.11. The highest BCUT2D eigenvalue weighted by molar-refractivity contribution is 5.98. The van der Waals surface area contributed by atoms with Gasteiger partial charge in [-0.05, 0) is 19.3 Å². The first kappa shape index (κ1) is 19.9. The molecule has 0 spiro atoms. The monoisotopic (exact) mass is 372 g/mol. The second kappa shape index (κ2) is 8.33. The van der Waals surface area contributed by atoms with Gasteiger partial charge in [-0.1, -0.05) is 12.1 Å². The number of aromatic nitrogens is 2. The Kier molecular flexibility index (Phi) is 6.38. The lowest BCUT2D eigenvalue weighted by atomic mass is 10.1. The van der Waals surface area contributed by atoms with Crippen LogP contribution in [-0.2, 0) is 9.59 Å². The van der Waals surface area contributed by atoms with E-state index in [0.717, 1.165) is 12.8 Å². The summed E-state index contributed by atoms with van der Waals surface area (Å²) in [4.78, 5) is 38.8. The van der Waals surface area contributed by atoms with Crippen LogP contribution in [0.15, 0.2) is 4.52 Å². The Balaban J connectivity index is 1.84. The number of hydrogen-bond acceptors (Lipinski definition) is 6. The summed E-state index contributed by atoms with van der Waals surface area (Å²) in [5.41, 5.74) is 4.84. The molecule has 1 heterocycles. The van der Waals surface area contributed by atoms with Crippen molar-refractivity contribution < 1.29 is 27.7 Å². The third-order valence-electron chi connectivity index (χ3n) is 4.11. The third kappa shape index (κ3) is 5.85. The Labute approximate surface area is 148 Å². The number of ketones is 1. The van der Waals surface area contributed by atoms with Crippen LogP contribution in [0.1, 0.15) is 74.3 Å². The SMILES string of the molecule is CC[C@H](NC(=O)CCC(F)(F)CCC(N)=O)C(=O)c1nc(C2CC2)no1. The van der Waals surface area contributed by atoms with Crippen LogP contribution in [0.25, 0.3) is 0 Å². The molecule has 10 heteroatoms. The smallest absolute Gasteiger partial charge is 0.296 e. The molecule has 2 rings (SSSR count). The van der Waals surface area contributed by atoms with Crippen molar-refractivity contribution in [1.82, 2.24) is 15.5 Å². The number of primary amides is 1. The number of hydrogen-bond donors (Lipinski definition) is 2. The Morgan fingerprint density at radius 3 is 2.54 bits per heavy atom. The molecule has 1 aromatic rings. The second-order valence-corrected chi connectivity index (χ2v) is 6.45. The van der Waals surface area contributed by atoms with Gasteiger partial charge in [-0.2, -0.15) is 4.98 Å². The molecule has 8 nitrogen and oxygen atoms in total. The van der Waals surface area contributed by atoms with E-state index in [0.29, 0.717) is 5.82 Å². The van der Waals surface area contributed by atoms with Crippen molar-refractivity contribution in [2.75, 3.05) is 0 Å². The van der Waals surface area contributed by atoms with Crippen molar-refractivity contribution in [1.29, 1.82) is 0 Å². The molecular formula is C16H22F2N4O4. The molecule has 3 N–H and O–H groups in total. The standard InChI is InChI=1S/C16H22F2N4O4/c1-2-10(13(25)15-21-14(22-26-15)9-3-4-9)20-12(24)6-8-16(17,18)7-5-11(19)23/h9-10H,2-8H2,1H3,(H2,19,23)(H,20,24)/t10-/m0/s1. The molecule has 1 fully saturated rings. The van der Waals surface area contributed by atoms with Gasteiger partial charge < -0.3 is 15.6 Å². The van der Waals surface area contributed by atoms with Crippen molar-refractivity contribution in [3.8, 4) is 0 Å². The van der Waals surface area contributed by atoms with E-state index in [4.69, 9.17) is 10.3 Å². The fraction of sp³-hybridized carbons (Fsp3) is 0.688. The molecule has 0 aliphatic heterocycles. The van der Waals surface area contributed by atoms with Gasteiger partial charge in [0.15, 0.2) is 5.82 Å². The number of nitrogens with two attached hydrogens (primary N) is 1. The lowest BCUT2D eigenvalue weighted by Crippen LogP contribution is -2.41. The molecule has 1 aromatic heterocycles. The molecule has 0 aromatic carbocycles. The highest BCUT2D eigenvalue weighted by Crippen LogP contribution is 2.38. The minimum Gasteiger partial charge on any atom is -0.370 e. The van der Waals surface area contributed by atoms with Gasteiger partial charge in [-0.25, -0.2) is 8.78 Å². The van der Waals surface area contributed by atoms with Crippen LogP contribution >= 0.6 is 0 Å². The van der Waals surface area contributed by atoms with Gasteiger partial charge >= 0.3 is 0 Å². The van der Waals surface area contributed by atoms with Crippen molar-refractivity contribution >= 4 is 17.6 Å². The molecule has 1 aliphatic rings. The van der Waals surface area contributed by atoms with E-state index < -0.39 is 55.2 Å². The summed E-state index contributed by atoms with van der Waals surface area (Å²) in [5.74, 6) is -4.72. The summed E-state index contributed by atoms with van der Waals surface area (Å²) >= 11 is 0. The molecule has 0 unspecified atom stereocenters. The number of nitrogens with one attached hydrogen (secondary N) is 1. The van der Waals surface area contributed by atoms with Crippen LogP contribution in [0.5, 0.6) is 0 Å². The molecule has 1 aliphatic carbocycles. The minimum atomic E-state index is -3.18. The molecule has 26 heavy (non-hydrogen) atoms. The maximum absolute atomic E-state index is 13.6. The molecule has 0 radical (unpaired) electrons. The molecule has 0 saturated heterocycles. The second-order valence-electron chi connectivity index (χ2n) is 6.45. The summed E-state index contributed by atoms with van der Waals surface area (Å²) in [6.45, 7) is 1.67. The first-order valence-electron chi connectivity index (χ1n) is 8.55. The van der Waals surface area contributed by atoms with Crippen molar-refractivity contribution in [3.63, 3.8) is 0 Å². The Morgan fingerprint density at radius 1 is 1.31 bits per heavy atom. The van der Waals surface area contributed by atoms with Crippen LogP contribution in [-0.4, -0.2) is 39.7 Å². The lowest BCUT2D eigenvalue weighted by Gasteiger charge is -2.17. The van der Waals surface area contributed by atoms with Crippen molar-refractivity contribution in [2.24, 2.45) is 5.73 Å². The predicted molar refractivity (Wildman–Crippen MR) is 85.4 cm³/mol. The van der Waals surface area contributed by atoms with Crippen LogP contribution in [0.2, 0.25) is 0 Å². The molecule has 0 bridgehead atoms. The number of alkyl halides is 2. The summed E-state index contributed by atoms with van der Waals surface area (Å²) in [6, 6.07) is -0.922. The number of halogens is 2. The Bertz CT molecular complexity index is 673. The van der Waals surface area contributed by atoms with Gasteiger partial charge in [0.2, 0.25) is 23.5 Å². The maximum atomic E-state index is 13.6. The van der Waals surface area contributed by atoms with Crippen LogP contribution < -0.4 is 11.1 Å². The Hall–Kier alpha value is -2.39. The fourth-order valence-corrected chi connectivity index (χ4v) is 2.34. The van der Waals surface area contributed by atoms with E-state index in [2.05, 4.69) is 15.5 Å². The van der Waals surface area contributed by atoms with Gasteiger partial charge in [0, 0.05) is 31.6 Å². The summed E-state index contributed by atoms with van der Waals surface area (Å²) in [6.07, 6.45) is -0.224. The zero-order valence-electron chi connectivity index (χ0n) is 14.5. The summed E-state index contributed by atoms with van der Waals surface area (Å²) in [7, 11) is 0. The average molecular weight is 372 g/mol. The number of amides is 2. The lowest BCUT2D eigenvalue weighted by molar-refractivity contribution is -0.124. The molecule has 1 atom stereocenters. The van der Waals surface area contributed by atoms with Crippen molar-refractivity contribution in [2.45, 2.75) is 69.8 Å². The molecule has 2 amide bonds. The van der Waals surface area contributed by atoms with Gasteiger partial charge in [-0.3, -0.25) is 14.4 Å². The average Bonchev–Trinajstić information content (AvgIpc) is 3.33. The highest BCUT2D eigenvalue weighted by Gasteiger charge is 2.33. The fourth-order valence-electron chi connectivity index (χ4n) is 2.34. The van der Waals surface area contributed by atoms with Crippen LogP contribution in [0, 0.1) is 0 Å². The van der Waals surface area contributed by atoms with E-state index in [-0.39, 0.29) is 18.2 Å². The van der Waals surface area contributed by atoms with Gasteiger partial charge in [0.25, 0.3) is 5.89 Å². The van der Waals surface area contributed by atoms with E-state index in [1.54, 1.807) is 6.92 Å². The minimum absolute atomic E-state index is 0.189. The first-order chi connectivity index (χ1) is 12.2. The van der Waals surface area contributed by atoms with Crippen LogP contribution in [0.3, 0.4) is 0 Å². The quantitative estimate of drug-likeness (QED) is 0.569. The molecule has 1 saturated carbocycles. The van der Waals surface area contributed by atoms with Crippen molar-refractivity contribution in [3.05, 3.63) is 11.7 Å². The zero-order chi connectivity index (χ0) is 19.3. The maximum Gasteiger partial charge on any atom is 0.296 e. The number of rotatable bonds is 11. The van der Waals surface area contributed by atoms with Gasteiger partial charge in [0.05, 0.1) is 6.04 Å². The van der Waals surface area contributed by atoms with E-state index in [1.165, 1.54) is 0 Å².